The minimum atomic E-state index is -0.459. The van der Waals surface area contributed by atoms with Gasteiger partial charge in [-0.05, 0) is 36.2 Å². The zero-order chi connectivity index (χ0) is 19.6. The van der Waals surface area contributed by atoms with E-state index in [0.717, 1.165) is 12.0 Å². The van der Waals surface area contributed by atoms with E-state index in [2.05, 4.69) is 15.6 Å². The van der Waals surface area contributed by atoms with E-state index in [9.17, 15) is 9.18 Å². The lowest BCUT2D eigenvalue weighted by atomic mass is 10.1. The molecule has 2 aromatic carbocycles. The van der Waals surface area contributed by atoms with Crippen LogP contribution in [0.25, 0.3) is 0 Å². The topological polar surface area (TPSA) is 88.7 Å². The third-order valence-electron chi connectivity index (χ3n) is 3.95. The summed E-state index contributed by atoms with van der Waals surface area (Å²) in [6.07, 6.45) is 0.616. The Hall–Kier alpha value is -2.36. The number of primary amides is 1. The average Bonchev–Trinajstić information content (AvgIpc) is 2.67. The van der Waals surface area contributed by atoms with Gasteiger partial charge < -0.3 is 21.1 Å². The van der Waals surface area contributed by atoms with Crippen molar-refractivity contribution < 1.29 is 13.9 Å². The predicted molar refractivity (Wildman–Crippen MR) is 120 cm³/mol. The van der Waals surface area contributed by atoms with Crippen LogP contribution >= 0.6 is 24.0 Å². The predicted octanol–water partition coefficient (Wildman–Crippen LogP) is 3.07. The van der Waals surface area contributed by atoms with Crippen LogP contribution in [0, 0.1) is 5.82 Å². The monoisotopic (exact) mass is 500 g/mol. The number of guanidine groups is 1. The maximum Gasteiger partial charge on any atom is 0.248 e. The van der Waals surface area contributed by atoms with Crippen LogP contribution < -0.4 is 21.1 Å². The smallest absolute Gasteiger partial charge is 0.248 e. The van der Waals surface area contributed by atoms with Crippen LogP contribution in [0.2, 0.25) is 0 Å². The van der Waals surface area contributed by atoms with Gasteiger partial charge in [0.2, 0.25) is 5.91 Å². The lowest BCUT2D eigenvalue weighted by Gasteiger charge is -2.20. The molecule has 2 rings (SSSR count). The van der Waals surface area contributed by atoms with Gasteiger partial charge in [-0.2, -0.15) is 0 Å². The molecule has 0 saturated carbocycles. The van der Waals surface area contributed by atoms with E-state index in [1.807, 2.05) is 13.0 Å². The number of hydrogen-bond donors (Lipinski definition) is 3. The third-order valence-corrected chi connectivity index (χ3v) is 3.95. The minimum Gasteiger partial charge on any atom is -0.489 e. The van der Waals surface area contributed by atoms with Crippen LogP contribution in [0.3, 0.4) is 0 Å². The number of ether oxygens (including phenoxy) is 1. The summed E-state index contributed by atoms with van der Waals surface area (Å²) in [5.74, 6) is 0.307. The Morgan fingerprint density at radius 2 is 1.96 bits per heavy atom. The highest BCUT2D eigenvalue weighted by atomic mass is 127. The number of nitrogens with one attached hydrogen (secondary N) is 2. The van der Waals surface area contributed by atoms with Gasteiger partial charge in [0.05, 0.1) is 6.54 Å². The summed E-state index contributed by atoms with van der Waals surface area (Å²) in [6, 6.07) is 13.2. The number of nitrogens with two attached hydrogens (primary N) is 1. The molecule has 2 aromatic rings. The van der Waals surface area contributed by atoms with Gasteiger partial charge in [0.15, 0.2) is 5.96 Å². The first-order valence-corrected chi connectivity index (χ1v) is 8.77. The Bertz CT molecular complexity index is 801. The Kier molecular flexibility index (Phi) is 10.3. The number of rotatable bonds is 8. The van der Waals surface area contributed by atoms with Gasteiger partial charge in [-0.15, -0.1) is 24.0 Å². The molecule has 0 radical (unpaired) electrons. The molecule has 1 amide bonds. The zero-order valence-electron chi connectivity index (χ0n) is 15.9. The number of nitrogens with zero attached hydrogens (tertiary/aromatic N) is 1. The molecule has 28 heavy (non-hydrogen) atoms. The largest absolute Gasteiger partial charge is 0.489 e. The molecule has 1 unspecified atom stereocenters. The molecule has 4 N–H and O–H groups in total. The Morgan fingerprint density at radius 3 is 2.61 bits per heavy atom. The van der Waals surface area contributed by atoms with Crippen LogP contribution in [0.1, 0.15) is 29.3 Å². The summed E-state index contributed by atoms with van der Waals surface area (Å²) in [5.41, 5.74) is 6.68. The number of halogens is 2. The maximum absolute atomic E-state index is 13.3. The van der Waals surface area contributed by atoms with Crippen molar-refractivity contribution in [2.24, 2.45) is 10.7 Å². The molecule has 0 saturated heterocycles. The van der Waals surface area contributed by atoms with Gasteiger partial charge in [0.25, 0.3) is 0 Å². The van der Waals surface area contributed by atoms with Gasteiger partial charge in [0.1, 0.15) is 17.7 Å². The van der Waals surface area contributed by atoms with Crippen molar-refractivity contribution in [3.05, 3.63) is 65.5 Å². The van der Waals surface area contributed by atoms with Gasteiger partial charge in [-0.3, -0.25) is 9.79 Å². The van der Waals surface area contributed by atoms with E-state index in [-0.39, 0.29) is 35.9 Å². The van der Waals surface area contributed by atoms with E-state index in [4.69, 9.17) is 10.5 Å². The van der Waals surface area contributed by atoms with E-state index < -0.39 is 5.91 Å². The number of aliphatic imine (C=N–C) groups is 1. The molecule has 0 aromatic heterocycles. The zero-order valence-corrected chi connectivity index (χ0v) is 18.3. The van der Waals surface area contributed by atoms with E-state index in [1.165, 1.54) is 12.1 Å². The molecule has 152 valence electrons. The molecular weight excluding hydrogens is 474 g/mol. The van der Waals surface area contributed by atoms with Crippen LogP contribution in [0.15, 0.2) is 53.5 Å². The van der Waals surface area contributed by atoms with Crippen molar-refractivity contribution in [1.82, 2.24) is 10.6 Å². The fourth-order valence-corrected chi connectivity index (χ4v) is 2.45. The fraction of sp³-hybridized carbons (Fsp3) is 0.300. The molecule has 1 atom stereocenters. The molecule has 6 nitrogen and oxygen atoms in total. The number of amides is 1. The van der Waals surface area contributed by atoms with Crippen molar-refractivity contribution in [2.75, 3.05) is 13.6 Å². The Balaban J connectivity index is 0.00000392. The summed E-state index contributed by atoms with van der Waals surface area (Å²) < 4.78 is 19.1. The quantitative estimate of drug-likeness (QED) is 0.296. The molecule has 0 fully saturated rings. The minimum absolute atomic E-state index is 0. The average molecular weight is 500 g/mol. The number of benzene rings is 2. The second kappa shape index (κ2) is 12.2. The summed E-state index contributed by atoms with van der Waals surface area (Å²) >= 11 is 0. The van der Waals surface area contributed by atoms with E-state index in [0.29, 0.717) is 30.4 Å². The van der Waals surface area contributed by atoms with Gasteiger partial charge in [-0.25, -0.2) is 4.39 Å². The number of carbonyl (C=O) groups excluding carboxylic acids is 1. The Labute approximate surface area is 181 Å². The standard InChI is InChI=1S/C20H25FN4O2.HI/c1-3-17(27-18-9-5-8-16(21)11-18)13-25-20(23-2)24-12-14-6-4-7-15(10-14)19(22)26;/h4-11,17H,3,12-13H2,1-2H3,(H2,22,26)(H2,23,24,25);1H. The summed E-state index contributed by atoms with van der Waals surface area (Å²) in [6.45, 7) is 2.99. The lowest BCUT2D eigenvalue weighted by Crippen LogP contribution is -2.42. The first kappa shape index (κ1) is 23.7. The second-order valence-corrected chi connectivity index (χ2v) is 5.98. The lowest BCUT2D eigenvalue weighted by molar-refractivity contribution is 0.1000. The van der Waals surface area contributed by atoms with Crippen molar-refractivity contribution in [3.8, 4) is 5.75 Å². The molecule has 0 aliphatic heterocycles. The van der Waals surface area contributed by atoms with Crippen molar-refractivity contribution in [2.45, 2.75) is 26.0 Å². The molecule has 8 heteroatoms. The highest BCUT2D eigenvalue weighted by Gasteiger charge is 2.10. The van der Waals surface area contributed by atoms with Crippen molar-refractivity contribution in [1.29, 1.82) is 0 Å². The third kappa shape index (κ3) is 7.71. The van der Waals surface area contributed by atoms with Crippen molar-refractivity contribution in [3.63, 3.8) is 0 Å². The summed E-state index contributed by atoms with van der Waals surface area (Å²) in [5, 5.41) is 6.37. The summed E-state index contributed by atoms with van der Waals surface area (Å²) in [7, 11) is 1.67. The molecule has 0 spiro atoms. The first-order valence-electron chi connectivity index (χ1n) is 8.77. The molecular formula is C20H26FIN4O2. The van der Waals surface area contributed by atoms with E-state index in [1.54, 1.807) is 37.4 Å². The normalized spacial score (nSPS) is 11.9. The van der Waals surface area contributed by atoms with Crippen LogP contribution in [0.4, 0.5) is 4.39 Å². The van der Waals surface area contributed by atoms with E-state index >= 15 is 0 Å². The van der Waals surface area contributed by atoms with Gasteiger partial charge >= 0.3 is 0 Å². The van der Waals surface area contributed by atoms with Gasteiger partial charge in [0, 0.05) is 25.2 Å². The highest BCUT2D eigenvalue weighted by molar-refractivity contribution is 14.0. The van der Waals surface area contributed by atoms with Crippen LogP contribution in [-0.4, -0.2) is 31.6 Å². The SMILES string of the molecule is CCC(CNC(=NC)NCc1cccc(C(N)=O)c1)Oc1cccc(F)c1.I. The number of hydrogen-bond acceptors (Lipinski definition) is 3. The highest BCUT2D eigenvalue weighted by Crippen LogP contribution is 2.14. The maximum atomic E-state index is 13.3. The number of carbonyl (C=O) groups is 1. The van der Waals surface area contributed by atoms with Crippen LogP contribution in [-0.2, 0) is 6.54 Å². The summed E-state index contributed by atoms with van der Waals surface area (Å²) in [4.78, 5) is 15.4. The molecule has 0 bridgehead atoms. The fourth-order valence-electron chi connectivity index (χ4n) is 2.45. The Morgan fingerprint density at radius 1 is 1.21 bits per heavy atom. The molecule has 0 aliphatic carbocycles. The molecule has 0 aliphatic rings. The van der Waals surface area contributed by atoms with Gasteiger partial charge in [-0.1, -0.05) is 25.1 Å². The first-order chi connectivity index (χ1) is 13.0. The molecule has 0 heterocycles. The second-order valence-electron chi connectivity index (χ2n) is 5.98. The van der Waals surface area contributed by atoms with Crippen molar-refractivity contribution >= 4 is 35.8 Å². The van der Waals surface area contributed by atoms with Crippen LogP contribution in [0.5, 0.6) is 5.75 Å².